The Hall–Kier alpha value is -5.80. The van der Waals surface area contributed by atoms with Crippen LogP contribution in [0.1, 0.15) is 0 Å². The lowest BCUT2D eigenvalue weighted by molar-refractivity contribution is 0.669. The average Bonchev–Trinajstić information content (AvgIpc) is 3.64. The summed E-state index contributed by atoms with van der Waals surface area (Å²) in [6, 6.07) is 53.2. The molecule has 0 amide bonds. The molecule has 3 nitrogen and oxygen atoms in total. The number of hydrogen-bond donors (Lipinski definition) is 0. The van der Waals surface area contributed by atoms with E-state index in [4.69, 9.17) is 8.83 Å². The Bertz CT molecular complexity index is 2450. The molecule has 7 aromatic carbocycles. The van der Waals surface area contributed by atoms with Crippen molar-refractivity contribution >= 4 is 71.7 Å². The standard InChI is InChI=1S/C40H25NO2/c1-2-8-26(9-3-1)27-14-17-29(18-15-27)41(30-19-22-37-34(24-30)33-12-6-7-13-36(33)42-37)31-20-23-38-35(25-31)40-32-11-5-4-10-28(32)16-21-39(40)43-38/h1-25H. The summed E-state index contributed by atoms with van der Waals surface area (Å²) >= 11 is 0. The number of anilines is 3. The lowest BCUT2D eigenvalue weighted by atomic mass is 10.0. The van der Waals surface area contributed by atoms with E-state index in [2.05, 4.69) is 138 Å². The van der Waals surface area contributed by atoms with E-state index in [-0.39, 0.29) is 0 Å². The molecular formula is C40H25NO2. The van der Waals surface area contributed by atoms with Crippen LogP contribution in [-0.4, -0.2) is 0 Å². The summed E-state index contributed by atoms with van der Waals surface area (Å²) in [6.07, 6.45) is 0. The molecule has 0 fully saturated rings. The Morgan fingerprint density at radius 2 is 0.907 bits per heavy atom. The third-order valence-corrected chi connectivity index (χ3v) is 8.45. The van der Waals surface area contributed by atoms with Crippen LogP contribution in [0.25, 0.3) is 65.8 Å². The topological polar surface area (TPSA) is 29.5 Å². The van der Waals surface area contributed by atoms with Gasteiger partial charge >= 0.3 is 0 Å². The van der Waals surface area contributed by atoms with Gasteiger partial charge in [0.2, 0.25) is 0 Å². The van der Waals surface area contributed by atoms with Crippen LogP contribution < -0.4 is 4.90 Å². The largest absolute Gasteiger partial charge is 0.456 e. The number of hydrogen-bond acceptors (Lipinski definition) is 3. The molecule has 9 aromatic rings. The molecule has 43 heavy (non-hydrogen) atoms. The van der Waals surface area contributed by atoms with E-state index in [1.165, 1.54) is 21.9 Å². The minimum absolute atomic E-state index is 0.880. The van der Waals surface area contributed by atoms with Gasteiger partial charge in [0, 0.05) is 38.6 Å². The summed E-state index contributed by atoms with van der Waals surface area (Å²) in [4.78, 5) is 2.32. The summed E-state index contributed by atoms with van der Waals surface area (Å²) < 4.78 is 12.5. The van der Waals surface area contributed by atoms with Crippen molar-refractivity contribution in [3.05, 3.63) is 152 Å². The van der Waals surface area contributed by atoms with E-state index < -0.39 is 0 Å². The van der Waals surface area contributed by atoms with Crippen molar-refractivity contribution in [2.45, 2.75) is 0 Å². The number of nitrogens with zero attached hydrogens (tertiary/aromatic N) is 1. The van der Waals surface area contributed by atoms with Crippen LogP contribution in [0, 0.1) is 0 Å². The Labute approximate surface area is 247 Å². The first-order valence-electron chi connectivity index (χ1n) is 14.5. The Morgan fingerprint density at radius 1 is 0.349 bits per heavy atom. The minimum Gasteiger partial charge on any atom is -0.456 e. The van der Waals surface area contributed by atoms with Gasteiger partial charge in [-0.2, -0.15) is 0 Å². The molecule has 0 aliphatic heterocycles. The molecule has 0 atom stereocenters. The third kappa shape index (κ3) is 3.83. The van der Waals surface area contributed by atoms with E-state index in [0.29, 0.717) is 0 Å². The second-order valence-electron chi connectivity index (χ2n) is 11.0. The van der Waals surface area contributed by atoms with Gasteiger partial charge in [0.05, 0.1) is 0 Å². The van der Waals surface area contributed by atoms with Gasteiger partial charge in [0.25, 0.3) is 0 Å². The Balaban J connectivity index is 1.27. The highest BCUT2D eigenvalue weighted by Gasteiger charge is 2.18. The zero-order chi connectivity index (χ0) is 28.3. The van der Waals surface area contributed by atoms with Crippen LogP contribution in [0.2, 0.25) is 0 Å². The first-order chi connectivity index (χ1) is 21.3. The molecule has 0 bridgehead atoms. The van der Waals surface area contributed by atoms with Gasteiger partial charge in [0.15, 0.2) is 0 Å². The van der Waals surface area contributed by atoms with Gasteiger partial charge in [-0.15, -0.1) is 0 Å². The van der Waals surface area contributed by atoms with E-state index in [0.717, 1.165) is 60.9 Å². The van der Waals surface area contributed by atoms with Gasteiger partial charge in [-0.3, -0.25) is 0 Å². The van der Waals surface area contributed by atoms with Gasteiger partial charge in [-0.05, 0) is 82.6 Å². The van der Waals surface area contributed by atoms with Gasteiger partial charge < -0.3 is 13.7 Å². The first kappa shape index (κ1) is 23.9. The smallest absolute Gasteiger partial charge is 0.136 e. The molecule has 0 radical (unpaired) electrons. The van der Waals surface area contributed by atoms with E-state index >= 15 is 0 Å². The fourth-order valence-electron chi connectivity index (χ4n) is 6.41. The minimum atomic E-state index is 0.880. The molecule has 0 aliphatic carbocycles. The quantitative estimate of drug-likeness (QED) is 0.218. The van der Waals surface area contributed by atoms with Crippen LogP contribution in [0.3, 0.4) is 0 Å². The average molecular weight is 552 g/mol. The Kier molecular flexibility index (Phi) is 5.20. The molecule has 2 heterocycles. The molecule has 0 spiro atoms. The molecule has 0 unspecified atom stereocenters. The molecule has 2 aromatic heterocycles. The highest BCUT2D eigenvalue weighted by Crippen LogP contribution is 2.42. The van der Waals surface area contributed by atoms with E-state index in [1.807, 2.05) is 18.2 Å². The highest BCUT2D eigenvalue weighted by molar-refractivity contribution is 6.19. The normalized spacial score (nSPS) is 11.7. The molecule has 3 heteroatoms. The lowest BCUT2D eigenvalue weighted by Crippen LogP contribution is -2.09. The SMILES string of the molecule is c1ccc(-c2ccc(N(c3ccc4oc5ccccc5c4c3)c3ccc4oc5ccc6ccccc6c5c4c3)cc2)cc1. The van der Waals surface area contributed by atoms with Crippen molar-refractivity contribution in [2.75, 3.05) is 4.90 Å². The Morgan fingerprint density at radius 3 is 1.72 bits per heavy atom. The van der Waals surface area contributed by atoms with Crippen LogP contribution >= 0.6 is 0 Å². The summed E-state index contributed by atoms with van der Waals surface area (Å²) in [5.41, 5.74) is 9.13. The molecule has 9 rings (SSSR count). The van der Waals surface area contributed by atoms with Crippen molar-refractivity contribution in [2.24, 2.45) is 0 Å². The van der Waals surface area contributed by atoms with Crippen LogP contribution in [0.4, 0.5) is 17.1 Å². The number of benzene rings is 7. The lowest BCUT2D eigenvalue weighted by Gasteiger charge is -2.26. The number of para-hydroxylation sites is 1. The maximum Gasteiger partial charge on any atom is 0.136 e. The van der Waals surface area contributed by atoms with Gasteiger partial charge in [-0.25, -0.2) is 0 Å². The van der Waals surface area contributed by atoms with E-state index in [9.17, 15) is 0 Å². The molecule has 0 saturated carbocycles. The monoisotopic (exact) mass is 551 g/mol. The fourth-order valence-corrected chi connectivity index (χ4v) is 6.41. The summed E-state index contributed by atoms with van der Waals surface area (Å²) in [6.45, 7) is 0. The zero-order valence-corrected chi connectivity index (χ0v) is 23.2. The number of fused-ring (bicyclic) bond motifs is 8. The molecular weight excluding hydrogens is 526 g/mol. The van der Waals surface area contributed by atoms with Gasteiger partial charge in [0.1, 0.15) is 22.3 Å². The number of furan rings is 2. The summed E-state index contributed by atoms with van der Waals surface area (Å²) in [5.74, 6) is 0. The summed E-state index contributed by atoms with van der Waals surface area (Å²) in [5, 5.41) is 6.85. The molecule has 0 saturated heterocycles. The van der Waals surface area contributed by atoms with Crippen LogP contribution in [-0.2, 0) is 0 Å². The van der Waals surface area contributed by atoms with Crippen molar-refractivity contribution in [1.29, 1.82) is 0 Å². The van der Waals surface area contributed by atoms with Crippen LogP contribution in [0.15, 0.2) is 160 Å². The predicted octanol–water partition coefficient (Wildman–Crippen LogP) is 11.8. The highest BCUT2D eigenvalue weighted by atomic mass is 16.3. The van der Waals surface area contributed by atoms with Crippen LogP contribution in [0.5, 0.6) is 0 Å². The van der Waals surface area contributed by atoms with Crippen molar-refractivity contribution in [3.63, 3.8) is 0 Å². The van der Waals surface area contributed by atoms with Gasteiger partial charge in [-0.1, -0.05) is 91.0 Å². The van der Waals surface area contributed by atoms with E-state index in [1.54, 1.807) is 0 Å². The third-order valence-electron chi connectivity index (χ3n) is 8.45. The molecule has 0 N–H and O–H groups in total. The predicted molar refractivity (Wildman–Crippen MR) is 179 cm³/mol. The second-order valence-corrected chi connectivity index (χ2v) is 11.0. The zero-order valence-electron chi connectivity index (χ0n) is 23.2. The summed E-state index contributed by atoms with van der Waals surface area (Å²) in [7, 11) is 0. The van der Waals surface area contributed by atoms with Crippen molar-refractivity contribution in [1.82, 2.24) is 0 Å². The number of rotatable bonds is 4. The first-order valence-corrected chi connectivity index (χ1v) is 14.5. The second kappa shape index (κ2) is 9.37. The maximum absolute atomic E-state index is 6.34. The molecule has 0 aliphatic rings. The fraction of sp³-hybridized carbons (Fsp3) is 0. The molecule has 202 valence electrons. The maximum atomic E-state index is 6.34. The van der Waals surface area contributed by atoms with Crippen molar-refractivity contribution < 1.29 is 8.83 Å². The van der Waals surface area contributed by atoms with Crippen molar-refractivity contribution in [3.8, 4) is 11.1 Å².